The van der Waals surface area contributed by atoms with Gasteiger partial charge in [-0.05, 0) is 26.7 Å². The van der Waals surface area contributed by atoms with Gasteiger partial charge in [0.2, 0.25) is 0 Å². The molecule has 0 aromatic rings. The van der Waals surface area contributed by atoms with Crippen molar-refractivity contribution in [3.05, 3.63) is 24.3 Å². The Morgan fingerprint density at radius 3 is 1.38 bits per heavy atom. The van der Waals surface area contributed by atoms with Gasteiger partial charge in [0, 0.05) is 11.1 Å². The molecule has 2 N–H and O–H groups in total. The minimum Gasteiger partial charge on any atom is -0.457 e. The zero-order chi connectivity index (χ0) is 22.8. The average Bonchev–Trinajstić information content (AvgIpc) is 2.60. The highest BCUT2D eigenvalue weighted by Gasteiger charge is 2.37. The van der Waals surface area contributed by atoms with Gasteiger partial charge in [0.25, 0.3) is 0 Å². The summed E-state index contributed by atoms with van der Waals surface area (Å²) in [5.41, 5.74) is 0.246. The molecule has 0 radical (unpaired) electrons. The molecule has 29 heavy (non-hydrogen) atoms. The topological polar surface area (TPSA) is 155 Å². The van der Waals surface area contributed by atoms with Crippen molar-refractivity contribution in [1.29, 1.82) is 0 Å². The smallest absolute Gasteiger partial charge is 0.457 e. The molecule has 168 valence electrons. The van der Waals surface area contributed by atoms with E-state index in [1.165, 1.54) is 13.8 Å². The Bertz CT molecular complexity index is 645. The fourth-order valence-electron chi connectivity index (χ4n) is 1.51. The number of hydrogen-bond donors (Lipinski definition) is 2. The number of carbonyl (C=O) groups is 2. The van der Waals surface area contributed by atoms with Gasteiger partial charge in [0.1, 0.15) is 12.2 Å². The molecular weight excluding hydrogens is 430 g/mol. The Hall–Kier alpha value is -1.32. The zero-order valence-corrected chi connectivity index (χ0v) is 18.6. The molecule has 0 aliphatic rings. The highest BCUT2D eigenvalue weighted by Crippen LogP contribution is 2.60. The van der Waals surface area contributed by atoms with Gasteiger partial charge in [-0.1, -0.05) is 27.0 Å². The Morgan fingerprint density at radius 2 is 1.14 bits per heavy atom. The number of phosphoric ester groups is 2. The van der Waals surface area contributed by atoms with Crippen LogP contribution in [0.1, 0.15) is 40.5 Å². The third kappa shape index (κ3) is 12.1. The molecule has 0 aliphatic heterocycles. The molecule has 0 aromatic heterocycles. The van der Waals surface area contributed by atoms with Gasteiger partial charge in [0.15, 0.2) is 0 Å². The van der Waals surface area contributed by atoms with E-state index in [2.05, 4.69) is 26.5 Å². The average molecular weight is 458 g/mol. The van der Waals surface area contributed by atoms with E-state index < -0.39 is 53.0 Å². The molecule has 0 spiro atoms. The van der Waals surface area contributed by atoms with Gasteiger partial charge in [-0.25, -0.2) is 18.7 Å². The van der Waals surface area contributed by atoms with Crippen molar-refractivity contribution in [2.45, 2.75) is 52.7 Å². The fourth-order valence-corrected chi connectivity index (χ4v) is 3.64. The first-order chi connectivity index (χ1) is 13.2. The van der Waals surface area contributed by atoms with E-state index in [4.69, 9.17) is 9.47 Å². The van der Waals surface area contributed by atoms with Gasteiger partial charge >= 0.3 is 27.6 Å². The maximum atomic E-state index is 11.9. The van der Waals surface area contributed by atoms with Crippen molar-refractivity contribution in [2.24, 2.45) is 0 Å². The Morgan fingerprint density at radius 1 is 0.828 bits per heavy atom. The number of rotatable bonds is 14. The summed E-state index contributed by atoms with van der Waals surface area (Å²) in [5.74, 6) is -1.44. The second-order valence-corrected chi connectivity index (χ2v) is 9.09. The SMILES string of the molecule is C=C(C)C(=O)OC(CC)COP(=O)(O)OP(=O)(O)OCC(CC)OC(=O)C(=C)C. The van der Waals surface area contributed by atoms with Crippen molar-refractivity contribution in [3.8, 4) is 0 Å². The molecule has 0 heterocycles. The number of carbonyl (C=O) groups excluding carboxylic acids is 2. The lowest BCUT2D eigenvalue weighted by molar-refractivity contribution is -0.146. The van der Waals surface area contributed by atoms with Crippen LogP contribution in [0.4, 0.5) is 0 Å². The van der Waals surface area contributed by atoms with Gasteiger partial charge in [-0.3, -0.25) is 9.05 Å². The molecule has 0 bridgehead atoms. The molecule has 11 nitrogen and oxygen atoms in total. The highest BCUT2D eigenvalue weighted by atomic mass is 31.3. The van der Waals surface area contributed by atoms with Crippen LogP contribution in [-0.4, -0.2) is 47.1 Å². The standard InChI is InChI=1S/C16H28O11P2/c1-7-13(25-15(17)11(3)4)9-23-28(19,20)27-29(21,22)24-10-14(8-2)26-16(18)12(5)6/h13-14H,3,5,7-10H2,1-2,4,6H3,(H,19,20)(H,21,22). The quantitative estimate of drug-likeness (QED) is 0.224. The van der Waals surface area contributed by atoms with E-state index in [9.17, 15) is 28.5 Å². The van der Waals surface area contributed by atoms with Crippen molar-refractivity contribution in [2.75, 3.05) is 13.2 Å². The molecule has 4 unspecified atom stereocenters. The van der Waals surface area contributed by atoms with Crippen molar-refractivity contribution < 1.29 is 51.3 Å². The molecule has 0 aromatic carbocycles. The maximum absolute atomic E-state index is 11.9. The summed E-state index contributed by atoms with van der Waals surface area (Å²) in [4.78, 5) is 42.2. The minimum atomic E-state index is -5.03. The van der Waals surface area contributed by atoms with Gasteiger partial charge in [-0.2, -0.15) is 4.31 Å². The van der Waals surface area contributed by atoms with Crippen LogP contribution in [0, 0.1) is 0 Å². The third-order valence-corrected chi connectivity index (χ3v) is 5.81. The summed E-state index contributed by atoms with van der Waals surface area (Å²) in [6, 6.07) is 0. The lowest BCUT2D eigenvalue weighted by atomic mass is 10.3. The van der Waals surface area contributed by atoms with E-state index in [0.717, 1.165) is 0 Å². The lowest BCUT2D eigenvalue weighted by Gasteiger charge is -2.21. The van der Waals surface area contributed by atoms with Gasteiger partial charge in [-0.15, -0.1) is 0 Å². The van der Waals surface area contributed by atoms with Gasteiger partial charge < -0.3 is 19.3 Å². The number of hydrogen-bond acceptors (Lipinski definition) is 9. The van der Waals surface area contributed by atoms with Gasteiger partial charge in [0.05, 0.1) is 13.2 Å². The van der Waals surface area contributed by atoms with Crippen molar-refractivity contribution >= 4 is 27.6 Å². The molecule has 0 fully saturated rings. The third-order valence-electron chi connectivity index (χ3n) is 3.21. The lowest BCUT2D eigenvalue weighted by Crippen LogP contribution is -2.23. The second kappa shape index (κ2) is 12.4. The number of esters is 2. The first-order valence-corrected chi connectivity index (χ1v) is 11.6. The summed E-state index contributed by atoms with van der Waals surface area (Å²) < 4.78 is 47.1. The van der Waals surface area contributed by atoms with Crippen LogP contribution in [0.5, 0.6) is 0 Å². The van der Waals surface area contributed by atoms with E-state index in [-0.39, 0.29) is 24.0 Å². The Kier molecular flexibility index (Phi) is 11.8. The van der Waals surface area contributed by atoms with Crippen LogP contribution in [0.25, 0.3) is 0 Å². The van der Waals surface area contributed by atoms with Crippen LogP contribution in [0.3, 0.4) is 0 Å². The minimum absolute atomic E-state index is 0.123. The fraction of sp³-hybridized carbons (Fsp3) is 0.625. The number of ether oxygens (including phenoxy) is 2. The summed E-state index contributed by atoms with van der Waals surface area (Å²) in [6.45, 7) is 11.8. The van der Waals surface area contributed by atoms with Crippen LogP contribution in [-0.2, 0) is 41.6 Å². The molecule has 0 aliphatic carbocycles. The highest BCUT2D eigenvalue weighted by molar-refractivity contribution is 7.61. The largest absolute Gasteiger partial charge is 0.481 e. The van der Waals surface area contributed by atoms with Crippen LogP contribution < -0.4 is 0 Å². The van der Waals surface area contributed by atoms with Crippen molar-refractivity contribution in [3.63, 3.8) is 0 Å². The predicted molar refractivity (Wildman–Crippen MR) is 103 cm³/mol. The second-order valence-electron chi connectivity index (χ2n) is 6.04. The van der Waals surface area contributed by atoms with E-state index in [1.54, 1.807) is 13.8 Å². The zero-order valence-electron chi connectivity index (χ0n) is 16.9. The van der Waals surface area contributed by atoms with Crippen LogP contribution in [0.15, 0.2) is 24.3 Å². The monoisotopic (exact) mass is 458 g/mol. The van der Waals surface area contributed by atoms with E-state index in [1.807, 2.05) is 0 Å². The first-order valence-electron chi connectivity index (χ1n) is 8.62. The van der Waals surface area contributed by atoms with Crippen LogP contribution >= 0.6 is 15.6 Å². The molecule has 0 amide bonds. The first kappa shape index (κ1) is 27.7. The summed E-state index contributed by atoms with van der Waals surface area (Å²) in [7, 11) is -10.1. The summed E-state index contributed by atoms with van der Waals surface area (Å²) >= 11 is 0. The van der Waals surface area contributed by atoms with E-state index >= 15 is 0 Å². The van der Waals surface area contributed by atoms with Crippen LogP contribution in [0.2, 0.25) is 0 Å². The predicted octanol–water partition coefficient (Wildman–Crippen LogP) is 3.03. The summed E-state index contributed by atoms with van der Waals surface area (Å²) in [5, 5.41) is 0. The summed E-state index contributed by atoms with van der Waals surface area (Å²) in [6.07, 6.45) is -1.35. The normalized spacial score (nSPS) is 17.3. The van der Waals surface area contributed by atoms with E-state index in [0.29, 0.717) is 0 Å². The molecule has 13 heteroatoms. The molecule has 0 saturated heterocycles. The van der Waals surface area contributed by atoms with Crippen molar-refractivity contribution in [1.82, 2.24) is 0 Å². The maximum Gasteiger partial charge on any atom is 0.481 e. The number of phosphoric acid groups is 2. The molecule has 4 atom stereocenters. The molecular formula is C16H28O11P2. The molecule has 0 rings (SSSR count). The Balaban J connectivity index is 4.73. The Labute approximate surface area is 169 Å². The molecule has 0 saturated carbocycles.